The average molecular weight is 504 g/mol. The zero-order valence-corrected chi connectivity index (χ0v) is 19.9. The maximum atomic E-state index is 15.0. The van der Waals surface area contributed by atoms with Gasteiger partial charge in [0.2, 0.25) is 5.95 Å². The molecule has 2 heterocycles. The highest BCUT2D eigenvalue weighted by atomic mass is 19.1. The van der Waals surface area contributed by atoms with Gasteiger partial charge >= 0.3 is 6.09 Å². The van der Waals surface area contributed by atoms with Gasteiger partial charge in [-0.15, -0.1) is 0 Å². The Morgan fingerprint density at radius 3 is 2.56 bits per heavy atom. The Balaban J connectivity index is 1.58. The van der Waals surface area contributed by atoms with Crippen molar-refractivity contribution in [2.24, 2.45) is 16.3 Å². The number of guanidine groups is 1. The van der Waals surface area contributed by atoms with Crippen molar-refractivity contribution in [2.75, 3.05) is 37.8 Å². The lowest BCUT2D eigenvalue weighted by Crippen LogP contribution is -2.36. The van der Waals surface area contributed by atoms with Crippen LogP contribution in [-0.4, -0.2) is 70.9 Å². The number of aliphatic hydroxyl groups excluding tert-OH is 2. The lowest BCUT2D eigenvalue weighted by Gasteiger charge is -2.28. The van der Waals surface area contributed by atoms with Crippen LogP contribution >= 0.6 is 0 Å². The van der Waals surface area contributed by atoms with E-state index in [-0.39, 0.29) is 37.6 Å². The standard InChI is InChI=1S/C23H30FN7O5/c1-23(12-32,13-33)14-36-30-17-5-7-31(8-6-17)21-27-9-16(10-28-21)18-4-2-3-15(19(18)24)11-35-22(34)29-20(25)26/h2-4,9-10,32-33H,5-8,11-14H2,1H3,(H4,25,26,29,34). The van der Waals surface area contributed by atoms with Crippen molar-refractivity contribution in [1.82, 2.24) is 15.3 Å². The third-order valence-corrected chi connectivity index (χ3v) is 5.62. The van der Waals surface area contributed by atoms with E-state index in [1.807, 2.05) is 10.2 Å². The first-order valence-corrected chi connectivity index (χ1v) is 11.3. The molecule has 1 aromatic carbocycles. The van der Waals surface area contributed by atoms with Crippen molar-refractivity contribution in [2.45, 2.75) is 26.4 Å². The zero-order valence-electron chi connectivity index (χ0n) is 19.9. The van der Waals surface area contributed by atoms with Crippen LogP contribution < -0.4 is 16.0 Å². The number of hydrogen-bond donors (Lipinski definition) is 5. The number of anilines is 1. The molecular weight excluding hydrogens is 473 g/mol. The quantitative estimate of drug-likeness (QED) is 0.192. The molecule has 0 saturated carbocycles. The molecule has 0 atom stereocenters. The summed E-state index contributed by atoms with van der Waals surface area (Å²) in [4.78, 5) is 27.6. The third-order valence-electron chi connectivity index (χ3n) is 5.62. The second-order valence-electron chi connectivity index (χ2n) is 8.71. The van der Waals surface area contributed by atoms with E-state index in [0.29, 0.717) is 37.4 Å². The van der Waals surface area contributed by atoms with Crippen LogP contribution in [0.4, 0.5) is 15.1 Å². The number of oxime groups is 1. The predicted octanol–water partition coefficient (Wildman–Crippen LogP) is 1.37. The van der Waals surface area contributed by atoms with Crippen LogP contribution in [0.1, 0.15) is 25.3 Å². The first-order valence-electron chi connectivity index (χ1n) is 11.3. The Bertz CT molecular complexity index is 1080. The molecule has 0 bridgehead atoms. The van der Waals surface area contributed by atoms with Crippen molar-refractivity contribution in [3.63, 3.8) is 0 Å². The van der Waals surface area contributed by atoms with Crippen LogP contribution in [0.15, 0.2) is 35.7 Å². The van der Waals surface area contributed by atoms with E-state index in [1.54, 1.807) is 19.1 Å². The Morgan fingerprint density at radius 2 is 1.94 bits per heavy atom. The Kier molecular flexibility index (Phi) is 9.08. The number of carbonyl (C=O) groups is 1. The number of nitrogens with one attached hydrogen (secondary N) is 2. The van der Waals surface area contributed by atoms with Gasteiger partial charge in [-0.05, 0) is 0 Å². The molecule has 36 heavy (non-hydrogen) atoms. The molecule has 12 nitrogen and oxygen atoms in total. The van der Waals surface area contributed by atoms with Crippen molar-refractivity contribution >= 4 is 23.7 Å². The molecule has 1 aliphatic heterocycles. The number of carbonyl (C=O) groups excluding carboxylic acids is 1. The number of ether oxygens (including phenoxy) is 1. The number of aliphatic hydroxyl groups is 2. The average Bonchev–Trinajstić information content (AvgIpc) is 2.88. The summed E-state index contributed by atoms with van der Waals surface area (Å²) >= 11 is 0. The normalized spacial score (nSPS) is 13.8. The molecule has 1 saturated heterocycles. The Morgan fingerprint density at radius 1 is 1.28 bits per heavy atom. The van der Waals surface area contributed by atoms with Gasteiger partial charge in [0.1, 0.15) is 19.0 Å². The summed E-state index contributed by atoms with van der Waals surface area (Å²) in [6.07, 6.45) is 3.41. The molecule has 1 aromatic heterocycles. The Labute approximate surface area is 207 Å². The van der Waals surface area contributed by atoms with Crippen molar-refractivity contribution in [3.05, 3.63) is 42.0 Å². The fourth-order valence-electron chi connectivity index (χ4n) is 3.30. The number of hydrogen-bond acceptors (Lipinski definition) is 10. The number of benzene rings is 1. The van der Waals surface area contributed by atoms with Crippen LogP contribution in [0.2, 0.25) is 0 Å². The number of alkyl carbamates (subject to hydrolysis) is 1. The lowest BCUT2D eigenvalue weighted by molar-refractivity contribution is -0.0148. The second-order valence-corrected chi connectivity index (χ2v) is 8.71. The van der Waals surface area contributed by atoms with Gasteiger partial charge in [0.05, 0.1) is 24.3 Å². The monoisotopic (exact) mass is 503 g/mol. The minimum Gasteiger partial charge on any atom is -0.444 e. The van der Waals surface area contributed by atoms with Crippen LogP contribution in [0.3, 0.4) is 0 Å². The summed E-state index contributed by atoms with van der Waals surface area (Å²) in [5, 5.41) is 31.7. The van der Waals surface area contributed by atoms with Gasteiger partial charge in [-0.25, -0.2) is 19.2 Å². The lowest BCUT2D eigenvalue weighted by atomic mass is 9.95. The van der Waals surface area contributed by atoms with Crippen LogP contribution in [0.25, 0.3) is 11.1 Å². The highest BCUT2D eigenvalue weighted by Gasteiger charge is 2.24. The second kappa shape index (κ2) is 12.2. The molecule has 0 radical (unpaired) electrons. The molecule has 1 amide bonds. The van der Waals surface area contributed by atoms with Gasteiger partial charge in [0.15, 0.2) is 5.96 Å². The van der Waals surface area contributed by atoms with Crippen LogP contribution in [0, 0.1) is 16.6 Å². The van der Waals surface area contributed by atoms with E-state index in [2.05, 4.69) is 15.1 Å². The summed E-state index contributed by atoms with van der Waals surface area (Å²) in [7, 11) is 0. The summed E-state index contributed by atoms with van der Waals surface area (Å²) in [6, 6.07) is 4.69. The van der Waals surface area contributed by atoms with Gasteiger partial charge < -0.3 is 30.4 Å². The van der Waals surface area contributed by atoms with E-state index in [0.717, 1.165) is 5.71 Å². The van der Waals surface area contributed by atoms with Gasteiger partial charge in [0, 0.05) is 55.0 Å². The van der Waals surface area contributed by atoms with Gasteiger partial charge in [0.25, 0.3) is 0 Å². The topological polar surface area (TPSA) is 179 Å². The number of rotatable bonds is 9. The van der Waals surface area contributed by atoms with Gasteiger partial charge in [-0.1, -0.05) is 30.3 Å². The van der Waals surface area contributed by atoms with Crippen LogP contribution in [0.5, 0.6) is 0 Å². The summed E-state index contributed by atoms with van der Waals surface area (Å²) < 4.78 is 19.9. The SMILES string of the molecule is CC(CO)(CO)CON=C1CCN(c2ncc(-c3cccc(COC(=O)NC(=N)N)c3F)cn2)CC1. The maximum Gasteiger partial charge on any atom is 0.414 e. The summed E-state index contributed by atoms with van der Waals surface area (Å²) in [6.45, 7) is 2.35. The molecule has 1 fully saturated rings. The number of halogens is 1. The van der Waals surface area contributed by atoms with E-state index in [4.69, 9.17) is 20.7 Å². The number of nitrogens with zero attached hydrogens (tertiary/aromatic N) is 4. The Hall–Kier alpha value is -3.84. The number of nitrogens with two attached hydrogens (primary N) is 1. The smallest absolute Gasteiger partial charge is 0.414 e. The molecule has 0 aliphatic carbocycles. The van der Waals surface area contributed by atoms with E-state index >= 15 is 0 Å². The largest absolute Gasteiger partial charge is 0.444 e. The van der Waals surface area contributed by atoms with E-state index in [9.17, 15) is 19.4 Å². The van der Waals surface area contributed by atoms with Crippen molar-refractivity contribution in [1.29, 1.82) is 5.41 Å². The van der Waals surface area contributed by atoms with Crippen LogP contribution in [-0.2, 0) is 16.2 Å². The van der Waals surface area contributed by atoms with Crippen molar-refractivity contribution in [3.8, 4) is 11.1 Å². The van der Waals surface area contributed by atoms with E-state index in [1.165, 1.54) is 18.5 Å². The van der Waals surface area contributed by atoms with E-state index < -0.39 is 23.3 Å². The molecule has 2 aromatic rings. The maximum absolute atomic E-state index is 15.0. The predicted molar refractivity (Wildman–Crippen MR) is 130 cm³/mol. The first kappa shape index (κ1) is 26.8. The highest BCUT2D eigenvalue weighted by molar-refractivity contribution is 5.90. The highest BCUT2D eigenvalue weighted by Crippen LogP contribution is 2.26. The minimum atomic E-state index is -0.949. The number of amides is 1. The molecule has 194 valence electrons. The molecule has 6 N–H and O–H groups in total. The molecular formula is C23H30FN7O5. The summed E-state index contributed by atoms with van der Waals surface area (Å²) in [5.41, 5.74) is 6.08. The molecule has 0 spiro atoms. The molecule has 3 rings (SSSR count). The molecule has 1 aliphatic rings. The van der Waals surface area contributed by atoms with Gasteiger partial charge in [-0.3, -0.25) is 10.7 Å². The zero-order chi connectivity index (χ0) is 26.1. The molecule has 0 unspecified atom stereocenters. The first-order chi connectivity index (χ1) is 17.2. The fourth-order valence-corrected chi connectivity index (χ4v) is 3.30. The third kappa shape index (κ3) is 7.09. The molecule has 13 heteroatoms. The van der Waals surface area contributed by atoms with Crippen molar-refractivity contribution < 1.29 is 29.0 Å². The fraction of sp³-hybridized carbons (Fsp3) is 0.435. The minimum absolute atomic E-state index is 0.118. The number of piperidine rings is 1. The summed E-state index contributed by atoms with van der Waals surface area (Å²) in [5.74, 6) is -0.630. The number of aromatic nitrogens is 2. The van der Waals surface area contributed by atoms with Gasteiger partial charge in [-0.2, -0.15) is 0 Å².